The molecule has 92 valence electrons. The minimum absolute atomic E-state index is 0.676. The largest absolute Gasteiger partial charge is 0.384 e. The molecule has 2 heterocycles. The molecule has 0 aliphatic rings. The van der Waals surface area contributed by atoms with E-state index < -0.39 is 0 Å². The quantitative estimate of drug-likeness (QED) is 0.710. The Bertz CT molecular complexity index is 714. The number of benzene rings is 1. The molecule has 3 aromatic rings. The van der Waals surface area contributed by atoms with Crippen LogP contribution in [0.1, 0.15) is 5.56 Å². The summed E-state index contributed by atoms with van der Waals surface area (Å²) in [5.41, 5.74) is 10.4. The number of aryl methyl sites for hydroxylation is 3. The summed E-state index contributed by atoms with van der Waals surface area (Å²) in [5.74, 6) is 0.676. The van der Waals surface area contributed by atoms with E-state index in [9.17, 15) is 0 Å². The van der Waals surface area contributed by atoms with Gasteiger partial charge in [0.1, 0.15) is 5.82 Å². The van der Waals surface area contributed by atoms with Gasteiger partial charge in [-0.15, -0.1) is 0 Å². The Morgan fingerprint density at radius 3 is 2.67 bits per heavy atom. The van der Waals surface area contributed by atoms with E-state index in [4.69, 9.17) is 5.73 Å². The molecule has 0 spiro atoms. The number of para-hydroxylation sites is 1. The molecular weight excluding hydrogens is 224 g/mol. The highest BCUT2D eigenvalue weighted by Gasteiger charge is 2.13. The summed E-state index contributed by atoms with van der Waals surface area (Å²) in [7, 11) is 3.92. The van der Waals surface area contributed by atoms with Gasteiger partial charge in [0.2, 0.25) is 0 Å². The minimum atomic E-state index is 0.676. The molecule has 2 N–H and O–H groups in total. The van der Waals surface area contributed by atoms with E-state index in [1.54, 1.807) is 4.68 Å². The van der Waals surface area contributed by atoms with Crippen molar-refractivity contribution in [3.8, 4) is 11.3 Å². The van der Waals surface area contributed by atoms with E-state index in [0.717, 1.165) is 11.3 Å². The van der Waals surface area contributed by atoms with Crippen molar-refractivity contribution in [2.75, 3.05) is 5.73 Å². The van der Waals surface area contributed by atoms with Crippen LogP contribution in [0.25, 0.3) is 22.2 Å². The van der Waals surface area contributed by atoms with Crippen molar-refractivity contribution < 1.29 is 0 Å². The smallest absolute Gasteiger partial charge is 0.121 e. The Labute approximate surface area is 106 Å². The standard InChI is InChI=1S/C14H16N4/c1-9-5-4-6-10-11(8-17(2)14(9)10)12-7-13(15)18(3)16-12/h4-8H,15H2,1-3H3. The summed E-state index contributed by atoms with van der Waals surface area (Å²) in [4.78, 5) is 0. The summed E-state index contributed by atoms with van der Waals surface area (Å²) >= 11 is 0. The van der Waals surface area contributed by atoms with Gasteiger partial charge in [0, 0.05) is 37.3 Å². The Morgan fingerprint density at radius 1 is 1.22 bits per heavy atom. The molecule has 0 fully saturated rings. The van der Waals surface area contributed by atoms with Crippen LogP contribution in [-0.4, -0.2) is 14.3 Å². The summed E-state index contributed by atoms with van der Waals surface area (Å²) in [6, 6.07) is 8.24. The van der Waals surface area contributed by atoms with Gasteiger partial charge in [-0.1, -0.05) is 18.2 Å². The van der Waals surface area contributed by atoms with Gasteiger partial charge in [0.25, 0.3) is 0 Å². The number of nitrogens with two attached hydrogens (primary N) is 1. The molecule has 0 amide bonds. The molecule has 0 unspecified atom stereocenters. The summed E-state index contributed by atoms with van der Waals surface area (Å²) in [5, 5.41) is 5.67. The molecular formula is C14H16N4. The normalized spacial score (nSPS) is 11.3. The zero-order valence-corrected chi connectivity index (χ0v) is 10.8. The molecule has 0 saturated carbocycles. The number of hydrogen-bond donors (Lipinski definition) is 1. The molecule has 0 bridgehead atoms. The van der Waals surface area contributed by atoms with Crippen LogP contribution >= 0.6 is 0 Å². The van der Waals surface area contributed by atoms with Crippen LogP contribution in [0.2, 0.25) is 0 Å². The van der Waals surface area contributed by atoms with Gasteiger partial charge in [-0.3, -0.25) is 4.68 Å². The van der Waals surface area contributed by atoms with Gasteiger partial charge < -0.3 is 10.3 Å². The van der Waals surface area contributed by atoms with Gasteiger partial charge in [0.15, 0.2) is 0 Å². The van der Waals surface area contributed by atoms with E-state index in [-0.39, 0.29) is 0 Å². The van der Waals surface area contributed by atoms with Crippen LogP contribution in [-0.2, 0) is 14.1 Å². The third-order valence-electron chi connectivity index (χ3n) is 3.40. The number of anilines is 1. The number of aromatic nitrogens is 3. The lowest BCUT2D eigenvalue weighted by atomic mass is 10.1. The van der Waals surface area contributed by atoms with Crippen molar-refractivity contribution in [3.05, 3.63) is 36.0 Å². The molecule has 3 rings (SSSR count). The molecule has 0 radical (unpaired) electrons. The van der Waals surface area contributed by atoms with Crippen LogP contribution < -0.4 is 5.73 Å². The average molecular weight is 240 g/mol. The predicted molar refractivity (Wildman–Crippen MR) is 74.3 cm³/mol. The molecule has 4 nitrogen and oxygen atoms in total. The molecule has 18 heavy (non-hydrogen) atoms. The lowest BCUT2D eigenvalue weighted by molar-refractivity contribution is 0.782. The van der Waals surface area contributed by atoms with Crippen LogP contribution in [0.15, 0.2) is 30.5 Å². The maximum Gasteiger partial charge on any atom is 0.121 e. The van der Waals surface area contributed by atoms with E-state index >= 15 is 0 Å². The number of nitrogen functional groups attached to an aromatic ring is 1. The van der Waals surface area contributed by atoms with Crippen molar-refractivity contribution in [1.82, 2.24) is 14.3 Å². The Morgan fingerprint density at radius 2 is 2.00 bits per heavy atom. The molecule has 0 aliphatic heterocycles. The first-order chi connectivity index (χ1) is 8.58. The highest BCUT2D eigenvalue weighted by atomic mass is 15.3. The van der Waals surface area contributed by atoms with Crippen LogP contribution in [0.3, 0.4) is 0 Å². The Balaban J connectivity index is 2.33. The topological polar surface area (TPSA) is 48.8 Å². The first kappa shape index (κ1) is 10.9. The fraction of sp³-hybridized carbons (Fsp3) is 0.214. The summed E-state index contributed by atoms with van der Waals surface area (Å²) in [6.07, 6.45) is 2.11. The van der Waals surface area contributed by atoms with Crippen molar-refractivity contribution in [2.45, 2.75) is 6.92 Å². The van der Waals surface area contributed by atoms with Crippen LogP contribution in [0, 0.1) is 6.92 Å². The molecule has 0 saturated heterocycles. The van der Waals surface area contributed by atoms with Gasteiger partial charge in [-0.05, 0) is 12.5 Å². The van der Waals surface area contributed by atoms with Crippen molar-refractivity contribution in [2.24, 2.45) is 14.1 Å². The lowest BCUT2D eigenvalue weighted by Crippen LogP contribution is -1.96. The van der Waals surface area contributed by atoms with E-state index in [1.807, 2.05) is 13.1 Å². The maximum absolute atomic E-state index is 5.85. The van der Waals surface area contributed by atoms with E-state index in [0.29, 0.717) is 5.82 Å². The summed E-state index contributed by atoms with van der Waals surface area (Å²) < 4.78 is 3.84. The molecule has 0 atom stereocenters. The first-order valence-electron chi connectivity index (χ1n) is 5.92. The Kier molecular flexibility index (Phi) is 2.20. The lowest BCUT2D eigenvalue weighted by Gasteiger charge is -1.99. The average Bonchev–Trinajstić information content (AvgIpc) is 2.82. The highest BCUT2D eigenvalue weighted by Crippen LogP contribution is 2.31. The van der Waals surface area contributed by atoms with Crippen molar-refractivity contribution in [1.29, 1.82) is 0 Å². The predicted octanol–water partition coefficient (Wildman–Crippen LogP) is 2.47. The van der Waals surface area contributed by atoms with Gasteiger partial charge in [-0.2, -0.15) is 5.10 Å². The maximum atomic E-state index is 5.85. The second-order valence-electron chi connectivity index (χ2n) is 4.70. The van der Waals surface area contributed by atoms with E-state index in [1.165, 1.54) is 16.5 Å². The minimum Gasteiger partial charge on any atom is -0.384 e. The Hall–Kier alpha value is -2.23. The van der Waals surface area contributed by atoms with Crippen molar-refractivity contribution in [3.63, 3.8) is 0 Å². The number of nitrogens with zero attached hydrogens (tertiary/aromatic N) is 3. The fourth-order valence-electron chi connectivity index (χ4n) is 2.49. The highest BCUT2D eigenvalue weighted by molar-refractivity contribution is 5.97. The zero-order chi connectivity index (χ0) is 12.9. The third-order valence-corrected chi connectivity index (χ3v) is 3.40. The second-order valence-corrected chi connectivity index (χ2v) is 4.70. The molecule has 2 aromatic heterocycles. The monoisotopic (exact) mass is 240 g/mol. The van der Waals surface area contributed by atoms with E-state index in [2.05, 4.69) is 48.0 Å². The van der Waals surface area contributed by atoms with Crippen LogP contribution in [0.4, 0.5) is 5.82 Å². The number of hydrogen-bond acceptors (Lipinski definition) is 2. The number of rotatable bonds is 1. The van der Waals surface area contributed by atoms with Gasteiger partial charge in [0.05, 0.1) is 11.2 Å². The van der Waals surface area contributed by atoms with Gasteiger partial charge in [-0.25, -0.2) is 0 Å². The van der Waals surface area contributed by atoms with Gasteiger partial charge >= 0.3 is 0 Å². The SMILES string of the molecule is Cc1cccc2c(-c3cc(N)n(C)n3)cn(C)c12. The number of fused-ring (bicyclic) bond motifs is 1. The molecule has 4 heteroatoms. The van der Waals surface area contributed by atoms with Crippen LogP contribution in [0.5, 0.6) is 0 Å². The van der Waals surface area contributed by atoms with Crippen molar-refractivity contribution >= 4 is 16.7 Å². The molecule has 1 aromatic carbocycles. The summed E-state index contributed by atoms with van der Waals surface area (Å²) in [6.45, 7) is 2.12. The zero-order valence-electron chi connectivity index (χ0n) is 10.8. The third kappa shape index (κ3) is 1.42. The fourth-order valence-corrected chi connectivity index (χ4v) is 2.49. The molecule has 0 aliphatic carbocycles. The second kappa shape index (κ2) is 3.63. The first-order valence-corrected chi connectivity index (χ1v) is 5.92.